The fraction of sp³-hybridized carbons (Fsp3) is 0.467. The molecule has 19 heavy (non-hydrogen) atoms. The molecule has 0 saturated carbocycles. The zero-order valence-electron chi connectivity index (χ0n) is 11.6. The van der Waals surface area contributed by atoms with Crippen LogP contribution < -0.4 is 5.32 Å². The van der Waals surface area contributed by atoms with E-state index in [9.17, 15) is 4.79 Å². The molecule has 1 aromatic carbocycles. The topological polar surface area (TPSA) is 46.9 Å². The second-order valence-corrected chi connectivity index (χ2v) is 4.88. The van der Waals surface area contributed by atoms with Crippen molar-refractivity contribution in [3.8, 4) is 0 Å². The van der Waals surface area contributed by atoms with Gasteiger partial charge in [0.2, 0.25) is 5.91 Å². The van der Waals surface area contributed by atoms with Crippen LogP contribution in [0.15, 0.2) is 24.5 Å². The number of fused-ring (bicyclic) bond motifs is 1. The molecule has 1 N–H and O–H groups in total. The van der Waals surface area contributed by atoms with Crippen LogP contribution in [0.3, 0.4) is 0 Å². The quantitative estimate of drug-likeness (QED) is 0.866. The highest BCUT2D eigenvalue weighted by Crippen LogP contribution is 2.13. The number of hydrogen-bond acceptors (Lipinski definition) is 2. The second-order valence-electron chi connectivity index (χ2n) is 4.88. The molecule has 2 aromatic rings. The van der Waals surface area contributed by atoms with Crippen LogP contribution in [0, 0.1) is 0 Å². The number of imidazole rings is 1. The fourth-order valence-electron chi connectivity index (χ4n) is 2.11. The van der Waals surface area contributed by atoms with Crippen LogP contribution in [-0.4, -0.2) is 22.0 Å². The molecular weight excluding hydrogens is 238 g/mol. The Kier molecular flexibility index (Phi) is 4.55. The Labute approximate surface area is 113 Å². The number of nitrogens with one attached hydrogen (secondary N) is 1. The van der Waals surface area contributed by atoms with Crippen LogP contribution in [0.4, 0.5) is 0 Å². The first-order valence-corrected chi connectivity index (χ1v) is 6.87. The number of aromatic nitrogens is 2. The van der Waals surface area contributed by atoms with Gasteiger partial charge in [0.1, 0.15) is 0 Å². The fourth-order valence-corrected chi connectivity index (χ4v) is 2.11. The van der Waals surface area contributed by atoms with E-state index >= 15 is 0 Å². The van der Waals surface area contributed by atoms with Gasteiger partial charge in [0.15, 0.2) is 0 Å². The third-order valence-electron chi connectivity index (χ3n) is 3.28. The molecule has 0 radical (unpaired) electrons. The van der Waals surface area contributed by atoms with Crippen molar-refractivity contribution < 1.29 is 4.79 Å². The molecule has 0 atom stereocenters. The second kappa shape index (κ2) is 6.36. The lowest BCUT2D eigenvalue weighted by Gasteiger charge is -2.05. The zero-order valence-corrected chi connectivity index (χ0v) is 11.6. The van der Waals surface area contributed by atoms with E-state index < -0.39 is 0 Å². The van der Waals surface area contributed by atoms with Crippen LogP contribution in [0.1, 0.15) is 31.7 Å². The van der Waals surface area contributed by atoms with Crippen molar-refractivity contribution in [1.29, 1.82) is 0 Å². The summed E-state index contributed by atoms with van der Waals surface area (Å²) >= 11 is 0. The van der Waals surface area contributed by atoms with Gasteiger partial charge in [-0.05, 0) is 30.5 Å². The average Bonchev–Trinajstić information content (AvgIpc) is 2.78. The molecule has 4 nitrogen and oxygen atoms in total. The average molecular weight is 259 g/mol. The van der Waals surface area contributed by atoms with Crippen LogP contribution in [0.2, 0.25) is 0 Å². The maximum Gasteiger partial charge on any atom is 0.220 e. The molecular formula is C15H21N3O. The van der Waals surface area contributed by atoms with Crippen molar-refractivity contribution in [2.75, 3.05) is 6.54 Å². The lowest BCUT2D eigenvalue weighted by molar-refractivity contribution is -0.121. The van der Waals surface area contributed by atoms with Crippen molar-refractivity contribution in [2.24, 2.45) is 7.05 Å². The van der Waals surface area contributed by atoms with Crippen LogP contribution in [0.5, 0.6) is 0 Å². The van der Waals surface area contributed by atoms with Gasteiger partial charge in [0, 0.05) is 20.0 Å². The Morgan fingerprint density at radius 3 is 3.05 bits per heavy atom. The van der Waals surface area contributed by atoms with E-state index in [4.69, 9.17) is 0 Å². The minimum atomic E-state index is 0.153. The minimum absolute atomic E-state index is 0.153. The van der Waals surface area contributed by atoms with Crippen molar-refractivity contribution in [2.45, 2.75) is 32.6 Å². The summed E-state index contributed by atoms with van der Waals surface area (Å²) in [6, 6.07) is 6.27. The summed E-state index contributed by atoms with van der Waals surface area (Å²) in [5, 5.41) is 2.95. The Balaban J connectivity index is 1.86. The smallest absolute Gasteiger partial charge is 0.220 e. The largest absolute Gasteiger partial charge is 0.356 e. The molecule has 0 fully saturated rings. The third kappa shape index (κ3) is 3.56. The summed E-state index contributed by atoms with van der Waals surface area (Å²) in [4.78, 5) is 15.8. The molecule has 1 amide bonds. The van der Waals surface area contributed by atoms with Gasteiger partial charge >= 0.3 is 0 Å². The number of nitrogens with zero attached hydrogens (tertiary/aromatic N) is 2. The number of aryl methyl sites for hydroxylation is 1. The lowest BCUT2D eigenvalue weighted by Crippen LogP contribution is -2.25. The molecule has 0 spiro atoms. The standard InChI is InChI=1S/C15H21N3O/c1-3-4-5-15(19)16-9-8-12-6-7-14-13(10-12)17-11-18(14)2/h6-7,10-11H,3-5,8-9H2,1-2H3,(H,16,19). The predicted molar refractivity (Wildman–Crippen MR) is 77.0 cm³/mol. The maximum atomic E-state index is 11.5. The molecule has 2 rings (SSSR count). The van der Waals surface area contributed by atoms with Crippen molar-refractivity contribution in [3.63, 3.8) is 0 Å². The van der Waals surface area contributed by atoms with Gasteiger partial charge in [-0.25, -0.2) is 4.98 Å². The monoisotopic (exact) mass is 259 g/mol. The van der Waals surface area contributed by atoms with Gasteiger partial charge in [-0.3, -0.25) is 4.79 Å². The number of carbonyl (C=O) groups excluding carboxylic acids is 1. The summed E-state index contributed by atoms with van der Waals surface area (Å²) in [5.74, 6) is 0.153. The Morgan fingerprint density at radius 2 is 2.26 bits per heavy atom. The minimum Gasteiger partial charge on any atom is -0.356 e. The van der Waals surface area contributed by atoms with Crippen molar-refractivity contribution in [1.82, 2.24) is 14.9 Å². The molecule has 0 aliphatic carbocycles. The normalized spacial score (nSPS) is 10.8. The van der Waals surface area contributed by atoms with Crippen LogP contribution in [-0.2, 0) is 18.3 Å². The third-order valence-corrected chi connectivity index (χ3v) is 3.28. The van der Waals surface area contributed by atoms with E-state index in [0.717, 1.165) is 30.3 Å². The van der Waals surface area contributed by atoms with Gasteiger partial charge in [0.25, 0.3) is 0 Å². The van der Waals surface area contributed by atoms with Crippen molar-refractivity contribution in [3.05, 3.63) is 30.1 Å². The molecule has 1 aromatic heterocycles. The first kappa shape index (κ1) is 13.6. The summed E-state index contributed by atoms with van der Waals surface area (Å²) in [7, 11) is 1.99. The molecule has 102 valence electrons. The Morgan fingerprint density at radius 1 is 1.42 bits per heavy atom. The number of rotatable bonds is 6. The van der Waals surface area contributed by atoms with Gasteiger partial charge in [0.05, 0.1) is 17.4 Å². The number of benzene rings is 1. The van der Waals surface area contributed by atoms with E-state index in [-0.39, 0.29) is 5.91 Å². The maximum absolute atomic E-state index is 11.5. The van der Waals surface area contributed by atoms with E-state index in [1.54, 1.807) is 0 Å². The Bertz CT molecular complexity index is 560. The molecule has 0 saturated heterocycles. The number of amides is 1. The number of hydrogen-bond donors (Lipinski definition) is 1. The predicted octanol–water partition coefficient (Wildman–Crippen LogP) is 2.42. The molecule has 0 bridgehead atoms. The van der Waals surface area contributed by atoms with Gasteiger partial charge in [-0.2, -0.15) is 0 Å². The SMILES string of the molecule is CCCCC(=O)NCCc1ccc2c(c1)ncn2C. The highest BCUT2D eigenvalue weighted by atomic mass is 16.1. The van der Waals surface area contributed by atoms with Gasteiger partial charge in [-0.1, -0.05) is 19.4 Å². The molecule has 4 heteroatoms. The van der Waals surface area contributed by atoms with E-state index in [2.05, 4.69) is 35.4 Å². The summed E-state index contributed by atoms with van der Waals surface area (Å²) in [5.41, 5.74) is 3.36. The van der Waals surface area contributed by atoms with Crippen LogP contribution in [0.25, 0.3) is 11.0 Å². The van der Waals surface area contributed by atoms with E-state index in [1.807, 2.05) is 17.9 Å². The van der Waals surface area contributed by atoms with E-state index in [1.165, 1.54) is 5.56 Å². The lowest BCUT2D eigenvalue weighted by atomic mass is 10.1. The number of carbonyl (C=O) groups is 1. The van der Waals surface area contributed by atoms with Crippen molar-refractivity contribution >= 4 is 16.9 Å². The number of unbranched alkanes of at least 4 members (excludes halogenated alkanes) is 1. The molecule has 0 unspecified atom stereocenters. The summed E-state index contributed by atoms with van der Waals surface area (Å²) in [6.07, 6.45) is 5.33. The summed E-state index contributed by atoms with van der Waals surface area (Å²) < 4.78 is 2.01. The highest BCUT2D eigenvalue weighted by Gasteiger charge is 2.03. The Hall–Kier alpha value is -1.84. The first-order chi connectivity index (χ1) is 9.20. The molecule has 1 heterocycles. The zero-order chi connectivity index (χ0) is 13.7. The molecule has 0 aliphatic heterocycles. The molecule has 0 aliphatic rings. The van der Waals surface area contributed by atoms with Gasteiger partial charge in [-0.15, -0.1) is 0 Å². The first-order valence-electron chi connectivity index (χ1n) is 6.87. The van der Waals surface area contributed by atoms with E-state index in [0.29, 0.717) is 13.0 Å². The summed E-state index contributed by atoms with van der Waals surface area (Å²) in [6.45, 7) is 2.79. The van der Waals surface area contributed by atoms with Crippen LogP contribution >= 0.6 is 0 Å². The van der Waals surface area contributed by atoms with Gasteiger partial charge < -0.3 is 9.88 Å². The highest BCUT2D eigenvalue weighted by molar-refractivity contribution is 5.76.